The fourth-order valence-corrected chi connectivity index (χ4v) is 3.43. The number of ether oxygens (including phenoxy) is 1. The smallest absolute Gasteiger partial charge is 0.305 e. The average Bonchev–Trinajstić information content (AvgIpc) is 2.61. The lowest BCUT2D eigenvalue weighted by Crippen LogP contribution is -2.49. The quantitative estimate of drug-likeness (QED) is 0.766. The minimum atomic E-state index is -0.167. The highest BCUT2D eigenvalue weighted by molar-refractivity contribution is 6.30. The second kappa shape index (κ2) is 7.69. The van der Waals surface area contributed by atoms with Crippen LogP contribution in [0.4, 0.5) is 0 Å². The third-order valence-corrected chi connectivity index (χ3v) is 4.80. The first kappa shape index (κ1) is 17.5. The van der Waals surface area contributed by atoms with Crippen molar-refractivity contribution >= 4 is 17.6 Å². The standard InChI is InChI=1S/C20H19ClN2O2/c1-25-19(24)10-15-12-23(13-15)20(16-5-7-18(21)8-6-16)17-4-2-3-14(9-17)11-22/h2-9,15,20H,10,12-13H2,1H3/t20-/m0/s1. The van der Waals surface area contributed by atoms with Gasteiger partial charge in [-0.15, -0.1) is 0 Å². The van der Waals surface area contributed by atoms with E-state index in [1.807, 2.05) is 42.5 Å². The molecule has 1 atom stereocenters. The van der Waals surface area contributed by atoms with Crippen molar-refractivity contribution in [2.45, 2.75) is 12.5 Å². The third kappa shape index (κ3) is 4.01. The summed E-state index contributed by atoms with van der Waals surface area (Å²) in [6.07, 6.45) is 0.443. The molecule has 0 spiro atoms. The molecular formula is C20H19ClN2O2. The summed E-state index contributed by atoms with van der Waals surface area (Å²) in [7, 11) is 1.42. The van der Waals surface area contributed by atoms with Gasteiger partial charge in [0.05, 0.1) is 31.2 Å². The van der Waals surface area contributed by atoms with E-state index >= 15 is 0 Å². The monoisotopic (exact) mass is 354 g/mol. The molecule has 5 heteroatoms. The maximum Gasteiger partial charge on any atom is 0.305 e. The maximum absolute atomic E-state index is 11.5. The average molecular weight is 355 g/mol. The van der Waals surface area contributed by atoms with Gasteiger partial charge in [-0.05, 0) is 41.3 Å². The van der Waals surface area contributed by atoms with Crippen molar-refractivity contribution in [3.63, 3.8) is 0 Å². The second-order valence-electron chi connectivity index (χ2n) is 6.29. The summed E-state index contributed by atoms with van der Waals surface area (Å²) in [5.74, 6) is 0.139. The highest BCUT2D eigenvalue weighted by Crippen LogP contribution is 2.36. The number of nitriles is 1. The Hall–Kier alpha value is -2.35. The van der Waals surface area contributed by atoms with Gasteiger partial charge in [-0.3, -0.25) is 9.69 Å². The van der Waals surface area contributed by atoms with Crippen LogP contribution in [0.15, 0.2) is 48.5 Å². The molecule has 1 aliphatic heterocycles. The number of likely N-dealkylation sites (tertiary alicyclic amines) is 1. The number of hydrogen-bond acceptors (Lipinski definition) is 4. The molecule has 4 nitrogen and oxygen atoms in total. The van der Waals surface area contributed by atoms with E-state index in [4.69, 9.17) is 16.3 Å². The Morgan fingerprint density at radius 3 is 2.64 bits per heavy atom. The molecule has 1 saturated heterocycles. The van der Waals surface area contributed by atoms with Crippen LogP contribution in [-0.2, 0) is 9.53 Å². The van der Waals surface area contributed by atoms with Gasteiger partial charge in [0.2, 0.25) is 0 Å². The predicted octanol–water partition coefficient (Wildman–Crippen LogP) is 3.80. The van der Waals surface area contributed by atoms with Gasteiger partial charge in [-0.2, -0.15) is 5.26 Å². The van der Waals surface area contributed by atoms with Crippen LogP contribution < -0.4 is 0 Å². The highest BCUT2D eigenvalue weighted by atomic mass is 35.5. The van der Waals surface area contributed by atoms with Crippen molar-refractivity contribution in [1.82, 2.24) is 4.90 Å². The number of halogens is 1. The zero-order valence-electron chi connectivity index (χ0n) is 14.0. The van der Waals surface area contributed by atoms with E-state index in [1.165, 1.54) is 7.11 Å². The Bertz CT molecular complexity index is 792. The van der Waals surface area contributed by atoms with E-state index in [0.29, 0.717) is 22.9 Å². The first-order chi connectivity index (χ1) is 12.1. The Kier molecular flexibility index (Phi) is 5.37. The molecule has 0 unspecified atom stereocenters. The fraction of sp³-hybridized carbons (Fsp3) is 0.300. The summed E-state index contributed by atoms with van der Waals surface area (Å²) >= 11 is 6.03. The molecule has 0 aliphatic carbocycles. The van der Waals surface area contributed by atoms with Gasteiger partial charge in [-0.25, -0.2) is 0 Å². The van der Waals surface area contributed by atoms with E-state index in [2.05, 4.69) is 11.0 Å². The lowest BCUT2D eigenvalue weighted by atomic mass is 9.88. The molecule has 1 heterocycles. The van der Waals surface area contributed by atoms with E-state index in [9.17, 15) is 10.1 Å². The number of benzene rings is 2. The van der Waals surface area contributed by atoms with E-state index in [-0.39, 0.29) is 12.0 Å². The summed E-state index contributed by atoms with van der Waals surface area (Å²) in [6, 6.07) is 17.7. The number of carbonyl (C=O) groups is 1. The molecule has 128 valence electrons. The molecule has 0 bridgehead atoms. The molecule has 0 saturated carbocycles. The normalized spacial score (nSPS) is 15.9. The highest BCUT2D eigenvalue weighted by Gasteiger charge is 2.35. The zero-order valence-corrected chi connectivity index (χ0v) is 14.7. The van der Waals surface area contributed by atoms with Crippen molar-refractivity contribution < 1.29 is 9.53 Å². The van der Waals surface area contributed by atoms with Gasteiger partial charge in [0.15, 0.2) is 0 Å². The van der Waals surface area contributed by atoms with Crippen molar-refractivity contribution in [2.75, 3.05) is 20.2 Å². The summed E-state index contributed by atoms with van der Waals surface area (Å²) < 4.78 is 4.76. The molecule has 2 aromatic carbocycles. The van der Waals surface area contributed by atoms with Crippen LogP contribution in [0.2, 0.25) is 5.02 Å². The molecule has 0 N–H and O–H groups in total. The van der Waals surface area contributed by atoms with Crippen LogP contribution in [0.25, 0.3) is 0 Å². The van der Waals surface area contributed by atoms with Crippen molar-refractivity contribution in [3.8, 4) is 6.07 Å². The van der Waals surface area contributed by atoms with Crippen LogP contribution in [-0.4, -0.2) is 31.1 Å². The minimum absolute atomic E-state index is 0.0412. The molecule has 0 radical (unpaired) electrons. The molecule has 1 fully saturated rings. The second-order valence-corrected chi connectivity index (χ2v) is 6.73. The Labute approximate surface area is 152 Å². The molecule has 25 heavy (non-hydrogen) atoms. The first-order valence-electron chi connectivity index (χ1n) is 8.17. The van der Waals surface area contributed by atoms with Crippen molar-refractivity contribution in [3.05, 3.63) is 70.2 Å². The van der Waals surface area contributed by atoms with Gasteiger partial charge in [0, 0.05) is 18.1 Å². The minimum Gasteiger partial charge on any atom is -0.469 e. The summed E-state index contributed by atoms with van der Waals surface area (Å²) in [5, 5.41) is 9.89. The zero-order chi connectivity index (χ0) is 17.8. The van der Waals surface area contributed by atoms with Gasteiger partial charge in [0.1, 0.15) is 0 Å². The number of nitrogens with zero attached hydrogens (tertiary/aromatic N) is 2. The number of carbonyl (C=O) groups excluding carboxylic acids is 1. The summed E-state index contributed by atoms with van der Waals surface area (Å²) in [6.45, 7) is 1.64. The van der Waals surface area contributed by atoms with E-state index < -0.39 is 0 Å². The maximum atomic E-state index is 11.5. The first-order valence-corrected chi connectivity index (χ1v) is 8.55. The van der Waals surface area contributed by atoms with E-state index in [0.717, 1.165) is 24.2 Å². The number of methoxy groups -OCH3 is 1. The van der Waals surface area contributed by atoms with Crippen LogP contribution in [0, 0.1) is 17.2 Å². The lowest BCUT2D eigenvalue weighted by molar-refractivity contribution is -0.143. The van der Waals surface area contributed by atoms with Crippen LogP contribution in [0.1, 0.15) is 29.2 Å². The van der Waals surface area contributed by atoms with Crippen LogP contribution in [0.5, 0.6) is 0 Å². The molecule has 3 rings (SSSR count). The van der Waals surface area contributed by atoms with Gasteiger partial charge in [0.25, 0.3) is 0 Å². The molecular weight excluding hydrogens is 336 g/mol. The van der Waals surface area contributed by atoms with Crippen LogP contribution >= 0.6 is 11.6 Å². The molecule has 0 aromatic heterocycles. The van der Waals surface area contributed by atoms with Gasteiger partial charge in [-0.1, -0.05) is 35.9 Å². The molecule has 1 aliphatic rings. The van der Waals surface area contributed by atoms with Crippen molar-refractivity contribution in [2.24, 2.45) is 5.92 Å². The lowest BCUT2D eigenvalue weighted by Gasteiger charge is -2.44. The summed E-state index contributed by atoms with van der Waals surface area (Å²) in [5.41, 5.74) is 2.83. The van der Waals surface area contributed by atoms with E-state index in [1.54, 1.807) is 6.07 Å². The molecule has 0 amide bonds. The number of rotatable bonds is 5. The van der Waals surface area contributed by atoms with Gasteiger partial charge < -0.3 is 4.74 Å². The Balaban J connectivity index is 1.85. The summed E-state index contributed by atoms with van der Waals surface area (Å²) in [4.78, 5) is 13.8. The Morgan fingerprint density at radius 1 is 1.28 bits per heavy atom. The largest absolute Gasteiger partial charge is 0.469 e. The number of hydrogen-bond donors (Lipinski definition) is 0. The predicted molar refractivity (Wildman–Crippen MR) is 96.1 cm³/mol. The number of esters is 1. The molecule has 2 aromatic rings. The topological polar surface area (TPSA) is 53.3 Å². The van der Waals surface area contributed by atoms with Gasteiger partial charge >= 0.3 is 5.97 Å². The fourth-order valence-electron chi connectivity index (χ4n) is 3.31. The Morgan fingerprint density at radius 2 is 2.00 bits per heavy atom. The van der Waals surface area contributed by atoms with Crippen LogP contribution in [0.3, 0.4) is 0 Å². The van der Waals surface area contributed by atoms with Crippen molar-refractivity contribution in [1.29, 1.82) is 5.26 Å². The SMILES string of the molecule is COC(=O)CC1CN([C@@H](c2ccc(Cl)cc2)c2cccc(C#N)c2)C1. The third-order valence-electron chi connectivity index (χ3n) is 4.55.